The van der Waals surface area contributed by atoms with Gasteiger partial charge in [-0.25, -0.2) is 8.42 Å². The van der Waals surface area contributed by atoms with Crippen molar-refractivity contribution in [3.05, 3.63) is 54.7 Å². The van der Waals surface area contributed by atoms with Crippen molar-refractivity contribution < 1.29 is 17.9 Å². The van der Waals surface area contributed by atoms with E-state index in [1.807, 2.05) is 26.0 Å². The van der Waals surface area contributed by atoms with Crippen molar-refractivity contribution in [3.8, 4) is 5.75 Å². The van der Waals surface area contributed by atoms with Crippen LogP contribution in [0, 0.1) is 0 Å². The van der Waals surface area contributed by atoms with Crippen LogP contribution in [0.4, 0.5) is 11.4 Å². The quantitative estimate of drug-likeness (QED) is 0.712. The zero-order valence-corrected chi connectivity index (χ0v) is 17.2. The van der Waals surface area contributed by atoms with Crippen LogP contribution < -0.4 is 14.4 Å². The van der Waals surface area contributed by atoms with E-state index >= 15 is 0 Å². The van der Waals surface area contributed by atoms with Gasteiger partial charge < -0.3 is 9.64 Å². The average Bonchev–Trinajstić information content (AvgIpc) is 2.66. The van der Waals surface area contributed by atoms with Crippen molar-refractivity contribution in [3.63, 3.8) is 0 Å². The molecule has 1 aromatic heterocycles. The van der Waals surface area contributed by atoms with E-state index in [4.69, 9.17) is 4.74 Å². The number of sulfonamides is 1. The molecule has 0 saturated carbocycles. The van der Waals surface area contributed by atoms with Crippen molar-refractivity contribution in [2.45, 2.75) is 31.3 Å². The summed E-state index contributed by atoms with van der Waals surface area (Å²) in [7, 11) is -3.90. The summed E-state index contributed by atoms with van der Waals surface area (Å²) < 4.78 is 34.6. The van der Waals surface area contributed by atoms with Gasteiger partial charge in [-0.3, -0.25) is 14.5 Å². The number of pyridine rings is 1. The highest BCUT2D eigenvalue weighted by Crippen LogP contribution is 2.39. The number of carbonyl (C=O) groups excluding carboxylic acids is 1. The molecule has 29 heavy (non-hydrogen) atoms. The number of para-hydroxylation sites is 1. The molecule has 1 N–H and O–H groups in total. The molecule has 1 aliphatic rings. The lowest BCUT2D eigenvalue weighted by atomic mass is 10.1. The number of carbonyl (C=O) groups is 1. The number of amides is 1. The van der Waals surface area contributed by atoms with Gasteiger partial charge in [0.1, 0.15) is 11.4 Å². The van der Waals surface area contributed by atoms with Gasteiger partial charge in [0.15, 0.2) is 0 Å². The van der Waals surface area contributed by atoms with E-state index in [0.717, 1.165) is 5.39 Å². The van der Waals surface area contributed by atoms with Gasteiger partial charge in [0, 0.05) is 18.5 Å². The van der Waals surface area contributed by atoms with E-state index in [0.29, 0.717) is 29.2 Å². The maximum Gasteiger partial charge on any atom is 0.262 e. The summed E-state index contributed by atoms with van der Waals surface area (Å²) in [5.41, 5.74) is 0.829. The Labute approximate surface area is 169 Å². The second-order valence-corrected chi connectivity index (χ2v) is 9.27. The summed E-state index contributed by atoms with van der Waals surface area (Å²) in [5, 5.41) is 0.830. The maximum atomic E-state index is 13.1. The minimum Gasteiger partial charge on any atom is -0.484 e. The first-order chi connectivity index (χ1) is 13.7. The predicted molar refractivity (Wildman–Crippen MR) is 112 cm³/mol. The molecule has 150 valence electrons. The normalized spacial score (nSPS) is 15.5. The standard InChI is InChI=1S/C21H21N3O4S/c1-14(25)24-13-21(2,3)28-19-10-9-16(12-18(19)24)29(26,27)23-17-8-4-6-15-7-5-11-22-20(15)17/h4-12,23H,13H2,1-3H3. The number of nitrogens with one attached hydrogen (secondary N) is 1. The summed E-state index contributed by atoms with van der Waals surface area (Å²) >= 11 is 0. The molecule has 4 rings (SSSR count). The second kappa shape index (κ2) is 6.73. The number of anilines is 2. The zero-order chi connectivity index (χ0) is 20.8. The molecule has 7 nitrogen and oxygen atoms in total. The van der Waals surface area contributed by atoms with E-state index in [2.05, 4.69) is 9.71 Å². The number of fused-ring (bicyclic) bond motifs is 2. The lowest BCUT2D eigenvalue weighted by Crippen LogP contribution is -2.48. The fourth-order valence-corrected chi connectivity index (χ4v) is 4.51. The molecule has 0 atom stereocenters. The fourth-order valence-electron chi connectivity index (χ4n) is 3.43. The minimum atomic E-state index is -3.90. The number of benzene rings is 2. The number of aromatic nitrogens is 1. The summed E-state index contributed by atoms with van der Waals surface area (Å²) in [5.74, 6) is 0.297. The third kappa shape index (κ3) is 3.63. The van der Waals surface area contributed by atoms with Gasteiger partial charge in [-0.05, 0) is 44.2 Å². The minimum absolute atomic E-state index is 0.0405. The fraction of sp³-hybridized carbons (Fsp3) is 0.238. The molecule has 0 bridgehead atoms. The molecular formula is C21H21N3O4S. The molecule has 2 heterocycles. The maximum absolute atomic E-state index is 13.1. The van der Waals surface area contributed by atoms with Crippen LogP contribution in [0.25, 0.3) is 10.9 Å². The highest BCUT2D eigenvalue weighted by Gasteiger charge is 2.34. The Bertz CT molecular complexity index is 1220. The smallest absolute Gasteiger partial charge is 0.262 e. The first kappa shape index (κ1) is 19.2. The van der Waals surface area contributed by atoms with Crippen LogP contribution in [-0.4, -0.2) is 31.5 Å². The molecule has 0 radical (unpaired) electrons. The topological polar surface area (TPSA) is 88.6 Å². The monoisotopic (exact) mass is 411 g/mol. The molecule has 3 aromatic rings. The van der Waals surface area contributed by atoms with E-state index in [-0.39, 0.29) is 10.8 Å². The Hall–Kier alpha value is -3.13. The molecule has 0 saturated heterocycles. The van der Waals surface area contributed by atoms with Crippen molar-refractivity contribution in [2.75, 3.05) is 16.2 Å². The Morgan fingerprint density at radius 3 is 2.69 bits per heavy atom. The number of rotatable bonds is 3. The lowest BCUT2D eigenvalue weighted by molar-refractivity contribution is -0.117. The van der Waals surface area contributed by atoms with Gasteiger partial charge in [-0.2, -0.15) is 0 Å². The highest BCUT2D eigenvalue weighted by atomic mass is 32.2. The van der Waals surface area contributed by atoms with Crippen LogP contribution >= 0.6 is 0 Å². The van der Waals surface area contributed by atoms with Crippen LogP contribution in [0.5, 0.6) is 5.75 Å². The number of nitrogens with zero attached hydrogens (tertiary/aromatic N) is 2. The van der Waals surface area contributed by atoms with E-state index in [9.17, 15) is 13.2 Å². The van der Waals surface area contributed by atoms with E-state index < -0.39 is 15.6 Å². The largest absolute Gasteiger partial charge is 0.484 e. The van der Waals surface area contributed by atoms with Gasteiger partial charge in [0.25, 0.3) is 10.0 Å². The summed E-state index contributed by atoms with van der Waals surface area (Å²) in [4.78, 5) is 18.0. The van der Waals surface area contributed by atoms with Crippen molar-refractivity contribution in [2.24, 2.45) is 0 Å². The van der Waals surface area contributed by atoms with Gasteiger partial charge in [-0.15, -0.1) is 0 Å². The van der Waals surface area contributed by atoms with Crippen molar-refractivity contribution in [1.29, 1.82) is 0 Å². The Balaban J connectivity index is 1.75. The van der Waals surface area contributed by atoms with Gasteiger partial charge in [0.05, 0.1) is 28.3 Å². The molecular weight excluding hydrogens is 390 g/mol. The van der Waals surface area contributed by atoms with Crippen molar-refractivity contribution >= 4 is 38.2 Å². The van der Waals surface area contributed by atoms with Crippen LogP contribution in [0.2, 0.25) is 0 Å². The van der Waals surface area contributed by atoms with Gasteiger partial charge >= 0.3 is 0 Å². The molecule has 1 amide bonds. The van der Waals surface area contributed by atoms with Crippen LogP contribution in [-0.2, 0) is 14.8 Å². The molecule has 0 unspecified atom stereocenters. The van der Waals surface area contributed by atoms with Crippen LogP contribution in [0.1, 0.15) is 20.8 Å². The zero-order valence-electron chi connectivity index (χ0n) is 16.3. The molecule has 8 heteroatoms. The van der Waals surface area contributed by atoms with Gasteiger partial charge in [0.2, 0.25) is 5.91 Å². The molecule has 0 aliphatic carbocycles. The Morgan fingerprint density at radius 1 is 1.17 bits per heavy atom. The number of hydrogen-bond donors (Lipinski definition) is 1. The van der Waals surface area contributed by atoms with Gasteiger partial charge in [-0.1, -0.05) is 18.2 Å². The Morgan fingerprint density at radius 2 is 1.93 bits per heavy atom. The summed E-state index contributed by atoms with van der Waals surface area (Å²) in [6.07, 6.45) is 1.61. The van der Waals surface area contributed by atoms with Crippen LogP contribution in [0.3, 0.4) is 0 Å². The molecule has 2 aromatic carbocycles. The molecule has 1 aliphatic heterocycles. The first-order valence-electron chi connectivity index (χ1n) is 9.14. The lowest BCUT2D eigenvalue weighted by Gasteiger charge is -2.39. The molecule has 0 fully saturated rings. The second-order valence-electron chi connectivity index (χ2n) is 7.58. The number of hydrogen-bond acceptors (Lipinski definition) is 5. The highest BCUT2D eigenvalue weighted by molar-refractivity contribution is 7.92. The van der Waals surface area contributed by atoms with E-state index in [1.165, 1.54) is 24.0 Å². The van der Waals surface area contributed by atoms with Crippen LogP contribution in [0.15, 0.2) is 59.6 Å². The average molecular weight is 411 g/mol. The summed E-state index contributed by atoms with van der Waals surface area (Å²) in [6, 6.07) is 13.5. The Kier molecular flexibility index (Phi) is 4.46. The summed E-state index contributed by atoms with van der Waals surface area (Å²) in [6.45, 7) is 5.54. The number of ether oxygens (including phenoxy) is 1. The van der Waals surface area contributed by atoms with E-state index in [1.54, 1.807) is 30.5 Å². The third-order valence-corrected chi connectivity index (χ3v) is 6.08. The third-order valence-electron chi connectivity index (χ3n) is 4.71. The predicted octanol–water partition coefficient (Wildman–Crippen LogP) is 3.56. The first-order valence-corrected chi connectivity index (χ1v) is 10.6. The molecule has 0 spiro atoms. The SMILES string of the molecule is CC(=O)N1CC(C)(C)Oc2ccc(S(=O)(=O)Nc3cccc4cccnc34)cc21. The van der Waals surface area contributed by atoms with Crippen molar-refractivity contribution in [1.82, 2.24) is 4.98 Å².